The van der Waals surface area contributed by atoms with Crippen molar-refractivity contribution in [3.05, 3.63) is 37.1 Å². The maximum Gasteiger partial charge on any atom is 0.163 e. The molecule has 1 fully saturated rings. The van der Waals surface area contributed by atoms with Gasteiger partial charge in [-0.05, 0) is 25.0 Å². The number of hydrogen-bond acceptors (Lipinski definition) is 4. The number of piperidine rings is 1. The van der Waals surface area contributed by atoms with Crippen molar-refractivity contribution in [3.63, 3.8) is 0 Å². The summed E-state index contributed by atoms with van der Waals surface area (Å²) in [6, 6.07) is 4.79. The molecule has 1 aliphatic heterocycles. The van der Waals surface area contributed by atoms with Crippen LogP contribution in [0.3, 0.4) is 0 Å². The van der Waals surface area contributed by atoms with Crippen LogP contribution in [0.4, 0.5) is 5.82 Å². The van der Waals surface area contributed by atoms with Crippen LogP contribution in [0.5, 0.6) is 0 Å². The normalized spacial score (nSPS) is 16.7. The maximum absolute atomic E-state index is 4.49. The summed E-state index contributed by atoms with van der Waals surface area (Å²) in [4.78, 5) is 11.1. The Kier molecular flexibility index (Phi) is 2.87. The zero-order chi connectivity index (χ0) is 14.2. The van der Waals surface area contributed by atoms with Crippen molar-refractivity contribution in [2.45, 2.75) is 18.9 Å². The minimum atomic E-state index is 0.600. The summed E-state index contributed by atoms with van der Waals surface area (Å²) in [6.07, 6.45) is 10.1. The molecule has 0 radical (unpaired) electrons. The zero-order valence-electron chi connectivity index (χ0n) is 12.1. The van der Waals surface area contributed by atoms with Gasteiger partial charge in [-0.1, -0.05) is 0 Å². The van der Waals surface area contributed by atoms with Crippen LogP contribution >= 0.6 is 0 Å². The van der Waals surface area contributed by atoms with E-state index in [1.54, 1.807) is 11.0 Å². The van der Waals surface area contributed by atoms with Crippen molar-refractivity contribution in [1.29, 1.82) is 0 Å². The lowest BCUT2D eigenvalue weighted by atomic mass is 10.0. The van der Waals surface area contributed by atoms with E-state index >= 15 is 0 Å². The number of aryl methyl sites for hydroxylation is 1. The van der Waals surface area contributed by atoms with E-state index in [4.69, 9.17) is 0 Å². The Bertz CT molecular complexity index is 737. The number of fused-ring (bicyclic) bond motifs is 1. The van der Waals surface area contributed by atoms with Gasteiger partial charge < -0.3 is 9.47 Å². The van der Waals surface area contributed by atoms with Crippen LogP contribution in [-0.4, -0.2) is 37.4 Å². The van der Waals surface area contributed by atoms with E-state index < -0.39 is 0 Å². The zero-order valence-corrected chi connectivity index (χ0v) is 12.1. The van der Waals surface area contributed by atoms with Crippen molar-refractivity contribution in [2.24, 2.45) is 7.05 Å². The molecule has 0 unspecified atom stereocenters. The summed E-state index contributed by atoms with van der Waals surface area (Å²) < 4.78 is 4.12. The minimum Gasteiger partial charge on any atom is -0.356 e. The summed E-state index contributed by atoms with van der Waals surface area (Å²) in [5.41, 5.74) is 0.896. The van der Waals surface area contributed by atoms with Crippen LogP contribution in [0.1, 0.15) is 18.9 Å². The van der Waals surface area contributed by atoms with Crippen molar-refractivity contribution in [3.8, 4) is 0 Å². The van der Waals surface area contributed by atoms with Gasteiger partial charge in [0, 0.05) is 38.6 Å². The first-order chi connectivity index (χ1) is 10.3. The molecule has 4 heterocycles. The highest BCUT2D eigenvalue weighted by Crippen LogP contribution is 2.28. The Morgan fingerprint density at radius 2 is 1.86 bits per heavy atom. The molecule has 0 aromatic carbocycles. The van der Waals surface area contributed by atoms with Crippen LogP contribution in [0.15, 0.2) is 37.1 Å². The fraction of sp³-hybridized carbons (Fsp3) is 0.400. The molecule has 0 aliphatic carbocycles. The molecule has 0 bridgehead atoms. The fourth-order valence-corrected chi connectivity index (χ4v) is 3.17. The van der Waals surface area contributed by atoms with Crippen LogP contribution in [-0.2, 0) is 7.05 Å². The van der Waals surface area contributed by atoms with Gasteiger partial charge in [0.2, 0.25) is 0 Å². The lowest BCUT2D eigenvalue weighted by molar-refractivity contribution is 0.396. The van der Waals surface area contributed by atoms with Crippen molar-refractivity contribution in [1.82, 2.24) is 24.3 Å². The largest absolute Gasteiger partial charge is 0.356 e. The van der Waals surface area contributed by atoms with E-state index in [-0.39, 0.29) is 0 Å². The molecule has 6 heteroatoms. The van der Waals surface area contributed by atoms with Gasteiger partial charge >= 0.3 is 0 Å². The molecule has 0 saturated carbocycles. The third-order valence-corrected chi connectivity index (χ3v) is 4.32. The molecule has 0 spiro atoms. The molecule has 0 N–H and O–H groups in total. The molecular weight excluding hydrogens is 264 g/mol. The summed E-state index contributed by atoms with van der Waals surface area (Å²) in [7, 11) is 1.91. The van der Waals surface area contributed by atoms with Gasteiger partial charge in [0.15, 0.2) is 5.65 Å². The molecule has 108 valence electrons. The van der Waals surface area contributed by atoms with E-state index in [0.29, 0.717) is 6.04 Å². The lowest BCUT2D eigenvalue weighted by Gasteiger charge is -2.33. The first-order valence-corrected chi connectivity index (χ1v) is 7.33. The fourth-order valence-electron chi connectivity index (χ4n) is 3.17. The van der Waals surface area contributed by atoms with E-state index in [0.717, 1.165) is 42.8 Å². The molecule has 21 heavy (non-hydrogen) atoms. The molecule has 3 aromatic rings. The predicted octanol–water partition coefficient (Wildman–Crippen LogP) is 2.01. The van der Waals surface area contributed by atoms with Crippen LogP contribution in [0.25, 0.3) is 11.0 Å². The molecule has 0 atom stereocenters. The Labute approximate surface area is 123 Å². The van der Waals surface area contributed by atoms with E-state index in [2.05, 4.69) is 49.1 Å². The van der Waals surface area contributed by atoms with Crippen LogP contribution < -0.4 is 4.90 Å². The van der Waals surface area contributed by atoms with Crippen LogP contribution in [0.2, 0.25) is 0 Å². The van der Waals surface area contributed by atoms with Gasteiger partial charge in [-0.3, -0.25) is 4.68 Å². The molecule has 0 amide bonds. The molecule has 3 aromatic heterocycles. The average Bonchev–Trinajstić information content (AvgIpc) is 3.18. The molecular formula is C15H18N6. The minimum absolute atomic E-state index is 0.600. The van der Waals surface area contributed by atoms with Gasteiger partial charge in [-0.2, -0.15) is 5.10 Å². The summed E-state index contributed by atoms with van der Waals surface area (Å²) in [6.45, 7) is 2.04. The molecule has 6 nitrogen and oxygen atoms in total. The third-order valence-electron chi connectivity index (χ3n) is 4.32. The number of aromatic nitrogens is 5. The van der Waals surface area contributed by atoms with Crippen molar-refractivity contribution >= 4 is 16.9 Å². The molecule has 1 aliphatic rings. The molecule has 4 rings (SSSR count). The van der Waals surface area contributed by atoms with Crippen LogP contribution in [0, 0.1) is 0 Å². The highest BCUT2D eigenvalue weighted by Gasteiger charge is 2.22. The maximum atomic E-state index is 4.49. The summed E-state index contributed by atoms with van der Waals surface area (Å²) in [5.74, 6) is 1.01. The average molecular weight is 282 g/mol. The number of anilines is 1. The second-order valence-electron chi connectivity index (χ2n) is 5.55. The first kappa shape index (κ1) is 12.4. The highest BCUT2D eigenvalue weighted by atomic mass is 15.3. The summed E-state index contributed by atoms with van der Waals surface area (Å²) in [5, 5.41) is 5.33. The Morgan fingerprint density at radius 3 is 2.62 bits per heavy atom. The summed E-state index contributed by atoms with van der Waals surface area (Å²) >= 11 is 0. The van der Waals surface area contributed by atoms with E-state index in [9.17, 15) is 0 Å². The monoisotopic (exact) mass is 282 g/mol. The number of hydrogen-bond donors (Lipinski definition) is 0. The Morgan fingerprint density at radius 1 is 1.10 bits per heavy atom. The lowest BCUT2D eigenvalue weighted by Crippen LogP contribution is -2.35. The second-order valence-corrected chi connectivity index (χ2v) is 5.55. The standard InChI is InChI=1S/C15H18N6/c1-19-14-13(10-18-19)15(17-11-16-14)21-8-4-12(5-9-21)20-6-2-3-7-20/h2-3,6-7,10-12H,4-5,8-9H2,1H3. The van der Waals surface area contributed by atoms with Gasteiger partial charge in [0.05, 0.1) is 11.6 Å². The number of rotatable bonds is 2. The number of nitrogens with zero attached hydrogens (tertiary/aromatic N) is 6. The molecule has 1 saturated heterocycles. The topological polar surface area (TPSA) is 51.8 Å². The van der Waals surface area contributed by atoms with Gasteiger partial charge in [-0.15, -0.1) is 0 Å². The van der Waals surface area contributed by atoms with E-state index in [1.165, 1.54) is 0 Å². The third kappa shape index (κ3) is 2.07. The first-order valence-electron chi connectivity index (χ1n) is 7.33. The Balaban J connectivity index is 1.58. The van der Waals surface area contributed by atoms with Crippen molar-refractivity contribution < 1.29 is 0 Å². The smallest absolute Gasteiger partial charge is 0.163 e. The van der Waals surface area contributed by atoms with Gasteiger partial charge in [-0.25, -0.2) is 9.97 Å². The second kappa shape index (κ2) is 4.87. The quantitative estimate of drug-likeness (QED) is 0.721. The van der Waals surface area contributed by atoms with Gasteiger partial charge in [0.25, 0.3) is 0 Å². The SMILES string of the molecule is Cn1ncc2c(N3CCC(n4cccc4)CC3)ncnc21. The predicted molar refractivity (Wildman–Crippen MR) is 81.2 cm³/mol. The van der Waals surface area contributed by atoms with Crippen molar-refractivity contribution in [2.75, 3.05) is 18.0 Å². The van der Waals surface area contributed by atoms with Gasteiger partial charge in [0.1, 0.15) is 12.1 Å². The Hall–Kier alpha value is -2.37. The highest BCUT2D eigenvalue weighted by molar-refractivity contribution is 5.86. The van der Waals surface area contributed by atoms with E-state index in [1.807, 2.05) is 13.2 Å².